The van der Waals surface area contributed by atoms with Gasteiger partial charge in [0.1, 0.15) is 18.2 Å². The summed E-state index contributed by atoms with van der Waals surface area (Å²) in [6, 6.07) is 11.2. The number of nitrogens with two attached hydrogens (primary N) is 1. The fraction of sp³-hybridized carbons (Fsp3) is 0.250. The van der Waals surface area contributed by atoms with E-state index in [1.807, 2.05) is 13.0 Å². The Morgan fingerprint density at radius 2 is 2.08 bits per heavy atom. The highest BCUT2D eigenvalue weighted by Crippen LogP contribution is 2.31. The Balaban J connectivity index is 1.44. The molecule has 4 rings (SSSR count). The minimum atomic E-state index is -0.328. The van der Waals surface area contributed by atoms with E-state index in [-0.39, 0.29) is 18.3 Å². The predicted octanol–water partition coefficient (Wildman–Crippen LogP) is 5.35. The molecule has 2 aromatic carbocycles. The zero-order chi connectivity index (χ0) is 26.9. The van der Waals surface area contributed by atoms with Crippen LogP contribution in [0.25, 0.3) is 0 Å². The average molecular weight is 537 g/mol. The largest absolute Gasteiger partial charge is 0.487 e. The maximum absolute atomic E-state index is 13.4. The molecule has 38 heavy (non-hydrogen) atoms. The highest BCUT2D eigenvalue weighted by atomic mass is 35.5. The molecule has 198 valence electrons. The van der Waals surface area contributed by atoms with E-state index in [9.17, 15) is 9.18 Å². The van der Waals surface area contributed by atoms with Crippen LogP contribution in [0.15, 0.2) is 70.8 Å². The van der Waals surface area contributed by atoms with Gasteiger partial charge in [-0.15, -0.1) is 0 Å². The van der Waals surface area contributed by atoms with Crippen LogP contribution in [-0.4, -0.2) is 47.6 Å². The molecule has 1 amide bonds. The van der Waals surface area contributed by atoms with Gasteiger partial charge >= 0.3 is 0 Å². The second-order valence-corrected chi connectivity index (χ2v) is 9.26. The van der Waals surface area contributed by atoms with Crippen molar-refractivity contribution in [2.75, 3.05) is 25.0 Å². The molecule has 0 spiro atoms. The number of carbonyl (C=O) groups is 1. The van der Waals surface area contributed by atoms with E-state index in [4.69, 9.17) is 22.1 Å². The van der Waals surface area contributed by atoms with Crippen LogP contribution in [-0.2, 0) is 11.4 Å². The SMILES string of the molecule is Cc1c(NC(=O)/C=C/CN2CCCC2)c[nH]c1C(N=CN)=Nc1ccc(OCc2cccc(F)c2)c(Cl)c1. The van der Waals surface area contributed by atoms with Gasteiger partial charge in [0, 0.05) is 24.4 Å². The second kappa shape index (κ2) is 13.0. The summed E-state index contributed by atoms with van der Waals surface area (Å²) < 4.78 is 19.1. The molecule has 3 aromatic rings. The van der Waals surface area contributed by atoms with E-state index in [1.165, 1.54) is 25.0 Å². The molecule has 10 heteroatoms. The fourth-order valence-electron chi connectivity index (χ4n) is 4.11. The van der Waals surface area contributed by atoms with Crippen LogP contribution in [0.4, 0.5) is 15.8 Å². The number of ether oxygens (including phenoxy) is 1. The Bertz CT molecular complexity index is 1360. The van der Waals surface area contributed by atoms with Crippen molar-refractivity contribution in [3.63, 3.8) is 0 Å². The molecule has 4 N–H and O–H groups in total. The van der Waals surface area contributed by atoms with Gasteiger partial charge in [-0.2, -0.15) is 0 Å². The van der Waals surface area contributed by atoms with Crippen LogP contribution >= 0.6 is 11.6 Å². The molecule has 1 aromatic heterocycles. The number of hydrogen-bond donors (Lipinski definition) is 3. The molecule has 1 fully saturated rings. The quantitative estimate of drug-likeness (QED) is 0.194. The van der Waals surface area contributed by atoms with Crippen molar-refractivity contribution in [3.8, 4) is 5.75 Å². The molecule has 8 nitrogen and oxygen atoms in total. The van der Waals surface area contributed by atoms with Crippen LogP contribution in [0.1, 0.15) is 29.7 Å². The lowest BCUT2D eigenvalue weighted by molar-refractivity contribution is -0.111. The molecule has 1 saturated heterocycles. The first-order valence-electron chi connectivity index (χ1n) is 12.3. The van der Waals surface area contributed by atoms with Gasteiger partial charge in [-0.05, 0) is 68.8 Å². The van der Waals surface area contributed by atoms with Crippen molar-refractivity contribution in [2.24, 2.45) is 15.7 Å². The van der Waals surface area contributed by atoms with Gasteiger partial charge in [-0.25, -0.2) is 14.4 Å². The number of amidine groups is 1. The Morgan fingerprint density at radius 1 is 1.26 bits per heavy atom. The average Bonchev–Trinajstić information content (AvgIpc) is 3.53. The van der Waals surface area contributed by atoms with Gasteiger partial charge in [0.15, 0.2) is 5.84 Å². The first-order chi connectivity index (χ1) is 18.4. The summed E-state index contributed by atoms with van der Waals surface area (Å²) >= 11 is 6.41. The molecule has 0 unspecified atom stereocenters. The number of carbonyl (C=O) groups excluding carboxylic acids is 1. The Hall–Kier alpha value is -3.95. The molecule has 0 radical (unpaired) electrons. The van der Waals surface area contributed by atoms with Crippen molar-refractivity contribution >= 4 is 41.1 Å². The molecule has 0 saturated carbocycles. The number of benzene rings is 2. The number of aromatic amines is 1. The van der Waals surface area contributed by atoms with Crippen molar-refractivity contribution in [1.29, 1.82) is 0 Å². The smallest absolute Gasteiger partial charge is 0.248 e. The number of likely N-dealkylation sites (tertiary alicyclic amines) is 1. The van der Waals surface area contributed by atoms with E-state index in [2.05, 4.69) is 25.2 Å². The Labute approximate surface area is 226 Å². The van der Waals surface area contributed by atoms with Crippen LogP contribution < -0.4 is 15.8 Å². The van der Waals surface area contributed by atoms with Crippen molar-refractivity contribution in [1.82, 2.24) is 9.88 Å². The van der Waals surface area contributed by atoms with Crippen LogP contribution in [0.5, 0.6) is 5.75 Å². The minimum absolute atomic E-state index is 0.173. The van der Waals surface area contributed by atoms with Gasteiger partial charge in [0.2, 0.25) is 5.91 Å². The predicted molar refractivity (Wildman–Crippen MR) is 150 cm³/mol. The zero-order valence-electron chi connectivity index (χ0n) is 21.1. The molecular weight excluding hydrogens is 507 g/mol. The zero-order valence-corrected chi connectivity index (χ0v) is 21.8. The number of anilines is 1. The first-order valence-corrected chi connectivity index (χ1v) is 12.7. The van der Waals surface area contributed by atoms with Crippen molar-refractivity contribution < 1.29 is 13.9 Å². The third-order valence-electron chi connectivity index (χ3n) is 6.08. The van der Waals surface area contributed by atoms with Gasteiger partial charge in [-0.1, -0.05) is 29.8 Å². The van der Waals surface area contributed by atoms with Crippen LogP contribution in [0.2, 0.25) is 5.02 Å². The summed E-state index contributed by atoms with van der Waals surface area (Å²) in [5.41, 5.74) is 8.78. The highest BCUT2D eigenvalue weighted by molar-refractivity contribution is 6.32. The Morgan fingerprint density at radius 3 is 2.82 bits per heavy atom. The van der Waals surface area contributed by atoms with Crippen LogP contribution in [0, 0.1) is 12.7 Å². The highest BCUT2D eigenvalue weighted by Gasteiger charge is 2.15. The number of rotatable bonds is 9. The number of hydrogen-bond acceptors (Lipinski definition) is 4. The summed E-state index contributed by atoms with van der Waals surface area (Å²) in [6.45, 7) is 4.95. The van der Waals surface area contributed by atoms with Crippen LogP contribution in [0.3, 0.4) is 0 Å². The summed E-state index contributed by atoms with van der Waals surface area (Å²) in [7, 11) is 0. The third-order valence-corrected chi connectivity index (χ3v) is 6.38. The fourth-order valence-corrected chi connectivity index (χ4v) is 4.34. The monoisotopic (exact) mass is 536 g/mol. The molecule has 0 atom stereocenters. The molecule has 0 aliphatic carbocycles. The van der Waals surface area contributed by atoms with Gasteiger partial charge in [0.05, 0.1) is 28.4 Å². The number of amides is 1. The number of H-pyrrole nitrogens is 1. The topological polar surface area (TPSA) is 108 Å². The molecular formula is C28H30ClFN6O2. The summed E-state index contributed by atoms with van der Waals surface area (Å²) in [5, 5.41) is 3.23. The lowest BCUT2D eigenvalue weighted by Gasteiger charge is -2.10. The lowest BCUT2D eigenvalue weighted by atomic mass is 10.2. The minimum Gasteiger partial charge on any atom is -0.487 e. The molecule has 2 heterocycles. The lowest BCUT2D eigenvalue weighted by Crippen LogP contribution is -2.19. The number of nitrogens with one attached hydrogen (secondary N) is 2. The number of aliphatic imine (C=N–C) groups is 2. The molecule has 0 bridgehead atoms. The van der Waals surface area contributed by atoms with E-state index in [0.717, 1.165) is 31.5 Å². The maximum Gasteiger partial charge on any atom is 0.248 e. The first kappa shape index (κ1) is 27.1. The third kappa shape index (κ3) is 7.30. The van der Waals surface area contributed by atoms with E-state index in [0.29, 0.717) is 39.2 Å². The van der Waals surface area contributed by atoms with Gasteiger partial charge in [-0.3, -0.25) is 9.69 Å². The number of halogens is 2. The van der Waals surface area contributed by atoms with Gasteiger partial charge < -0.3 is 20.8 Å². The van der Waals surface area contributed by atoms with Crippen molar-refractivity contribution in [2.45, 2.75) is 26.4 Å². The maximum atomic E-state index is 13.4. The summed E-state index contributed by atoms with van der Waals surface area (Å²) in [5.74, 6) is 0.225. The Kier molecular flexibility index (Phi) is 9.29. The number of nitrogens with zero attached hydrogens (tertiary/aromatic N) is 3. The van der Waals surface area contributed by atoms with Gasteiger partial charge in [0.25, 0.3) is 0 Å². The van der Waals surface area contributed by atoms with E-state index < -0.39 is 0 Å². The standard InChI is InChI=1S/C28H30ClFN6O2/c1-19-24(35-26(37)8-5-13-36-11-2-3-12-36)16-32-27(19)28(33-18-31)34-22-9-10-25(23(29)15-22)38-17-20-6-4-7-21(30)14-20/h4-10,14-16,18,32H,2-3,11-13,17H2,1H3,(H,35,37)(H2,31,33,34)/b8-5+. The molecule has 1 aliphatic rings. The normalized spacial score (nSPS) is 14.6. The van der Waals surface area contributed by atoms with Crippen molar-refractivity contribution in [3.05, 3.63) is 88.5 Å². The number of aromatic nitrogens is 1. The molecule has 1 aliphatic heterocycles. The van der Waals surface area contributed by atoms with E-state index in [1.54, 1.807) is 42.6 Å². The summed E-state index contributed by atoms with van der Waals surface area (Å²) in [6.07, 6.45) is 8.69. The summed E-state index contributed by atoms with van der Waals surface area (Å²) in [4.78, 5) is 26.6. The van der Waals surface area contributed by atoms with E-state index >= 15 is 0 Å². The second-order valence-electron chi connectivity index (χ2n) is 8.85.